The predicted molar refractivity (Wildman–Crippen MR) is 47.6 cm³/mol. The van der Waals surface area contributed by atoms with Crippen molar-refractivity contribution in [1.82, 2.24) is 0 Å². The van der Waals surface area contributed by atoms with Crippen molar-refractivity contribution in [2.45, 2.75) is 19.2 Å². The number of carbonyl (C=O) groups excluding carboxylic acids is 1. The molecule has 0 aromatic rings. The molecule has 0 radical (unpaired) electrons. The van der Waals surface area contributed by atoms with Crippen LogP contribution in [0.4, 0.5) is 0 Å². The molecule has 0 rings (SSSR count). The molecule has 1 nitrogen and oxygen atoms in total. The zero-order valence-electron chi connectivity index (χ0n) is 6.19. The summed E-state index contributed by atoms with van der Waals surface area (Å²) >= 11 is 6.85. The molecule has 3 heteroatoms. The number of carbonyl (C=O) groups is 1. The molecule has 0 aliphatic carbocycles. The summed E-state index contributed by atoms with van der Waals surface area (Å²) in [7, 11) is 0. The van der Waals surface area contributed by atoms with Crippen molar-refractivity contribution in [2.75, 3.05) is 5.75 Å². The Balaban J connectivity index is 3.50. The van der Waals surface area contributed by atoms with Gasteiger partial charge in [-0.25, -0.2) is 0 Å². The van der Waals surface area contributed by atoms with E-state index in [0.717, 1.165) is 0 Å². The lowest BCUT2D eigenvalue weighted by Crippen LogP contribution is -2.00. The van der Waals surface area contributed by atoms with Gasteiger partial charge in [0.2, 0.25) is 5.12 Å². The van der Waals surface area contributed by atoms with E-state index in [0.29, 0.717) is 11.3 Å². The molecule has 0 aliphatic rings. The Labute approximate surface area is 70.8 Å². The van der Waals surface area contributed by atoms with Crippen molar-refractivity contribution in [3.63, 3.8) is 0 Å². The monoisotopic (exact) mass is 178 g/mol. The van der Waals surface area contributed by atoms with Crippen LogP contribution in [0.5, 0.6) is 0 Å². The number of hydrogen-bond donors (Lipinski definition) is 0. The number of hydrogen-bond acceptors (Lipinski definition) is 2. The summed E-state index contributed by atoms with van der Waals surface area (Å²) in [5, 5.41) is 0.0841. The third-order valence-corrected chi connectivity index (χ3v) is 2.41. The van der Waals surface area contributed by atoms with Gasteiger partial charge in [-0.2, -0.15) is 0 Å². The Kier molecular flexibility index (Phi) is 4.83. The molecule has 0 spiro atoms. The molecule has 10 heavy (non-hydrogen) atoms. The summed E-state index contributed by atoms with van der Waals surface area (Å²) in [5.41, 5.74) is 0.585. The van der Waals surface area contributed by atoms with Gasteiger partial charge in [-0.1, -0.05) is 18.3 Å². The van der Waals surface area contributed by atoms with Crippen LogP contribution >= 0.6 is 23.4 Å². The average Bonchev–Trinajstić information content (AvgIpc) is 1.82. The maximum atomic E-state index is 10.9. The first-order chi connectivity index (χ1) is 4.54. The molecule has 0 saturated carbocycles. The van der Waals surface area contributed by atoms with Crippen LogP contribution in [-0.2, 0) is 4.79 Å². The maximum absolute atomic E-state index is 10.9. The highest BCUT2D eigenvalue weighted by atomic mass is 35.5. The van der Waals surface area contributed by atoms with Crippen molar-refractivity contribution in [1.29, 1.82) is 0 Å². The minimum Gasteiger partial charge on any atom is -0.282 e. The second-order valence-corrected chi connectivity index (χ2v) is 3.90. The molecule has 0 N–H and O–H groups in total. The summed E-state index contributed by atoms with van der Waals surface area (Å²) in [6.45, 7) is 7.08. The van der Waals surface area contributed by atoms with Crippen molar-refractivity contribution in [2.24, 2.45) is 0 Å². The minimum absolute atomic E-state index is 0.0347. The molecule has 0 fully saturated rings. The zero-order valence-corrected chi connectivity index (χ0v) is 7.76. The fraction of sp³-hybridized carbons (Fsp3) is 0.571. The van der Waals surface area contributed by atoms with Crippen molar-refractivity contribution in [3.05, 3.63) is 12.2 Å². The molecule has 1 atom stereocenters. The Morgan fingerprint density at radius 1 is 1.80 bits per heavy atom. The van der Waals surface area contributed by atoms with Gasteiger partial charge in [0.25, 0.3) is 0 Å². The summed E-state index contributed by atoms with van der Waals surface area (Å²) in [4.78, 5) is 10.9. The standard InChI is InChI=1S/C7H11ClOS/c1-5(2)7(9)10-4-6(3)8/h6H,1,4H2,2-3H3. The van der Waals surface area contributed by atoms with E-state index in [1.165, 1.54) is 11.8 Å². The Bertz CT molecular complexity index is 143. The predicted octanol–water partition coefficient (Wildman–Crippen LogP) is 2.45. The molecular weight excluding hydrogens is 168 g/mol. The van der Waals surface area contributed by atoms with Gasteiger partial charge in [0.1, 0.15) is 0 Å². The van der Waals surface area contributed by atoms with Crippen molar-refractivity contribution >= 4 is 28.5 Å². The highest BCUT2D eigenvalue weighted by molar-refractivity contribution is 8.14. The highest BCUT2D eigenvalue weighted by Gasteiger charge is 2.04. The van der Waals surface area contributed by atoms with Gasteiger partial charge < -0.3 is 0 Å². The van der Waals surface area contributed by atoms with Crippen LogP contribution in [0.2, 0.25) is 0 Å². The molecule has 58 valence electrons. The van der Waals surface area contributed by atoms with Gasteiger partial charge in [0.15, 0.2) is 0 Å². The van der Waals surface area contributed by atoms with Crippen LogP contribution in [0, 0.1) is 0 Å². The van der Waals surface area contributed by atoms with E-state index in [1.807, 2.05) is 6.92 Å². The summed E-state index contributed by atoms with van der Waals surface area (Å²) in [6.07, 6.45) is 0. The van der Waals surface area contributed by atoms with E-state index in [-0.39, 0.29) is 10.5 Å². The van der Waals surface area contributed by atoms with Gasteiger partial charge in [-0.15, -0.1) is 11.6 Å². The zero-order chi connectivity index (χ0) is 8.15. The number of halogens is 1. The Morgan fingerprint density at radius 3 is 2.60 bits per heavy atom. The number of thioether (sulfide) groups is 1. The largest absolute Gasteiger partial charge is 0.282 e. The van der Waals surface area contributed by atoms with E-state index in [4.69, 9.17) is 11.6 Å². The quantitative estimate of drug-likeness (QED) is 0.488. The van der Waals surface area contributed by atoms with Crippen LogP contribution in [0.1, 0.15) is 13.8 Å². The normalized spacial score (nSPS) is 12.7. The second kappa shape index (κ2) is 4.80. The third-order valence-electron chi connectivity index (χ3n) is 0.793. The van der Waals surface area contributed by atoms with Gasteiger partial charge in [-0.05, 0) is 19.4 Å². The van der Waals surface area contributed by atoms with E-state index in [2.05, 4.69) is 6.58 Å². The lowest BCUT2D eigenvalue weighted by Gasteiger charge is -1.99. The molecule has 0 aromatic heterocycles. The first-order valence-electron chi connectivity index (χ1n) is 3.00. The lowest BCUT2D eigenvalue weighted by atomic mass is 10.4. The lowest BCUT2D eigenvalue weighted by molar-refractivity contribution is -0.107. The van der Waals surface area contributed by atoms with E-state index in [1.54, 1.807) is 6.92 Å². The van der Waals surface area contributed by atoms with Crippen molar-refractivity contribution < 1.29 is 4.79 Å². The Morgan fingerprint density at radius 2 is 2.30 bits per heavy atom. The van der Waals surface area contributed by atoms with Crippen LogP contribution in [-0.4, -0.2) is 16.2 Å². The second-order valence-electron chi connectivity index (χ2n) is 2.16. The molecule has 0 aromatic carbocycles. The van der Waals surface area contributed by atoms with Crippen LogP contribution in [0.3, 0.4) is 0 Å². The molecular formula is C7H11ClOS. The van der Waals surface area contributed by atoms with E-state index >= 15 is 0 Å². The van der Waals surface area contributed by atoms with E-state index < -0.39 is 0 Å². The van der Waals surface area contributed by atoms with Gasteiger partial charge in [0, 0.05) is 11.1 Å². The van der Waals surface area contributed by atoms with Crippen LogP contribution < -0.4 is 0 Å². The van der Waals surface area contributed by atoms with Crippen molar-refractivity contribution in [3.8, 4) is 0 Å². The average molecular weight is 179 g/mol. The molecule has 0 bridgehead atoms. The first kappa shape index (κ1) is 10.0. The topological polar surface area (TPSA) is 17.1 Å². The molecule has 1 unspecified atom stereocenters. The minimum atomic E-state index is 0.0347. The smallest absolute Gasteiger partial charge is 0.214 e. The Hall–Kier alpha value is 0.0500. The molecule has 0 aliphatic heterocycles. The van der Waals surface area contributed by atoms with Gasteiger partial charge in [-0.3, -0.25) is 4.79 Å². The first-order valence-corrected chi connectivity index (χ1v) is 4.43. The fourth-order valence-corrected chi connectivity index (χ4v) is 1.13. The fourth-order valence-electron chi connectivity index (χ4n) is 0.314. The summed E-state index contributed by atoms with van der Waals surface area (Å²) in [6, 6.07) is 0. The highest BCUT2D eigenvalue weighted by Crippen LogP contribution is 2.12. The third kappa shape index (κ3) is 4.89. The summed E-state index contributed by atoms with van der Waals surface area (Å²) in [5.74, 6) is 0.660. The number of alkyl halides is 1. The SMILES string of the molecule is C=C(C)C(=O)SCC(C)Cl. The van der Waals surface area contributed by atoms with Crippen LogP contribution in [0.25, 0.3) is 0 Å². The summed E-state index contributed by atoms with van der Waals surface area (Å²) < 4.78 is 0. The van der Waals surface area contributed by atoms with Gasteiger partial charge in [0.05, 0.1) is 0 Å². The molecule has 0 saturated heterocycles. The number of rotatable bonds is 3. The van der Waals surface area contributed by atoms with Crippen LogP contribution in [0.15, 0.2) is 12.2 Å². The van der Waals surface area contributed by atoms with Gasteiger partial charge >= 0.3 is 0 Å². The molecule has 0 heterocycles. The molecule has 0 amide bonds. The maximum Gasteiger partial charge on any atom is 0.214 e. The van der Waals surface area contributed by atoms with E-state index in [9.17, 15) is 4.79 Å².